The van der Waals surface area contributed by atoms with Crippen LogP contribution in [0.4, 0.5) is 4.39 Å². The smallest absolute Gasteiger partial charge is 0.337 e. The van der Waals surface area contributed by atoms with Gasteiger partial charge in [-0.3, -0.25) is 9.59 Å². The van der Waals surface area contributed by atoms with Gasteiger partial charge in [0.1, 0.15) is 17.3 Å². The van der Waals surface area contributed by atoms with Gasteiger partial charge in [-0.25, -0.2) is 9.18 Å². The number of carbonyl (C=O) groups excluding carboxylic acids is 3. The van der Waals surface area contributed by atoms with E-state index in [9.17, 15) is 23.9 Å². The SMILES string of the molecule is COC(=O)c1ccc([C@H]2C(=C(O)c3ccc(F)cc3)C(=O)C(=O)N2CCc2c[nH]c3ccc(OC)cc23)cc1. The average Bonchev–Trinajstić information content (AvgIpc) is 3.48. The molecule has 8 nitrogen and oxygen atoms in total. The van der Waals surface area contributed by atoms with E-state index in [4.69, 9.17) is 9.47 Å². The summed E-state index contributed by atoms with van der Waals surface area (Å²) in [5, 5.41) is 12.1. The number of amides is 1. The number of likely N-dealkylation sites (tertiary alicyclic amines) is 1. The molecule has 1 aliphatic rings. The van der Waals surface area contributed by atoms with Crippen molar-refractivity contribution in [2.45, 2.75) is 12.5 Å². The number of H-pyrrole nitrogens is 1. The molecule has 1 saturated heterocycles. The van der Waals surface area contributed by atoms with Crippen LogP contribution < -0.4 is 4.74 Å². The Morgan fingerprint density at radius 2 is 1.69 bits per heavy atom. The summed E-state index contributed by atoms with van der Waals surface area (Å²) in [4.78, 5) is 43.1. The van der Waals surface area contributed by atoms with E-state index in [1.165, 1.54) is 36.3 Å². The fourth-order valence-corrected chi connectivity index (χ4v) is 4.87. The third kappa shape index (κ3) is 4.74. The molecule has 198 valence electrons. The predicted molar refractivity (Wildman–Crippen MR) is 142 cm³/mol. The molecular formula is C30H25FN2O6. The highest BCUT2D eigenvalue weighted by Crippen LogP contribution is 2.40. The quantitative estimate of drug-likeness (QED) is 0.155. The van der Waals surface area contributed by atoms with E-state index in [2.05, 4.69) is 4.98 Å². The van der Waals surface area contributed by atoms with E-state index in [0.717, 1.165) is 28.6 Å². The van der Waals surface area contributed by atoms with Crippen LogP contribution >= 0.6 is 0 Å². The molecule has 0 aliphatic carbocycles. The van der Waals surface area contributed by atoms with Gasteiger partial charge < -0.3 is 24.5 Å². The van der Waals surface area contributed by atoms with Crippen LogP contribution in [0.25, 0.3) is 16.7 Å². The molecule has 3 aromatic carbocycles. The number of ketones is 1. The van der Waals surface area contributed by atoms with E-state index in [-0.39, 0.29) is 17.7 Å². The second-order valence-corrected chi connectivity index (χ2v) is 9.09. The first-order chi connectivity index (χ1) is 18.8. The molecule has 1 atom stereocenters. The summed E-state index contributed by atoms with van der Waals surface area (Å²) >= 11 is 0. The first-order valence-corrected chi connectivity index (χ1v) is 12.2. The zero-order valence-corrected chi connectivity index (χ0v) is 21.2. The van der Waals surface area contributed by atoms with Gasteiger partial charge in [-0.15, -0.1) is 0 Å². The Morgan fingerprint density at radius 1 is 1.00 bits per heavy atom. The van der Waals surface area contributed by atoms with Crippen LogP contribution in [0.1, 0.15) is 33.1 Å². The number of halogens is 1. The maximum atomic E-state index is 13.5. The summed E-state index contributed by atoms with van der Waals surface area (Å²) in [6, 6.07) is 16.0. The number of methoxy groups -OCH3 is 2. The van der Waals surface area contributed by atoms with Gasteiger partial charge in [0.25, 0.3) is 11.7 Å². The number of Topliss-reactive ketones (excluding diaryl/α,β-unsaturated/α-hetero) is 1. The van der Waals surface area contributed by atoms with Crippen molar-refractivity contribution in [3.8, 4) is 5.75 Å². The van der Waals surface area contributed by atoms with Crippen LogP contribution in [0, 0.1) is 5.82 Å². The van der Waals surface area contributed by atoms with Crippen molar-refractivity contribution in [3.05, 3.63) is 107 Å². The van der Waals surface area contributed by atoms with Crippen molar-refractivity contribution in [1.29, 1.82) is 0 Å². The number of aliphatic hydroxyl groups excluding tert-OH is 1. The van der Waals surface area contributed by atoms with Gasteiger partial charge in [-0.2, -0.15) is 0 Å². The lowest BCUT2D eigenvalue weighted by Gasteiger charge is -2.25. The van der Waals surface area contributed by atoms with Gasteiger partial charge in [-0.1, -0.05) is 12.1 Å². The predicted octanol–water partition coefficient (Wildman–Crippen LogP) is 4.77. The molecule has 1 aromatic heterocycles. The van der Waals surface area contributed by atoms with Gasteiger partial charge >= 0.3 is 5.97 Å². The molecule has 2 N–H and O–H groups in total. The minimum Gasteiger partial charge on any atom is -0.507 e. The second-order valence-electron chi connectivity index (χ2n) is 9.09. The Bertz CT molecular complexity index is 1600. The summed E-state index contributed by atoms with van der Waals surface area (Å²) in [6.45, 7) is 0.165. The van der Waals surface area contributed by atoms with Crippen molar-refractivity contribution in [3.63, 3.8) is 0 Å². The van der Waals surface area contributed by atoms with Crippen LogP contribution in [-0.2, 0) is 20.7 Å². The minimum atomic E-state index is -0.929. The molecule has 9 heteroatoms. The Hall–Kier alpha value is -4.92. The van der Waals surface area contributed by atoms with E-state index in [1.807, 2.05) is 24.4 Å². The molecule has 1 aliphatic heterocycles. The summed E-state index contributed by atoms with van der Waals surface area (Å²) in [5.41, 5.74) is 2.73. The molecule has 0 bridgehead atoms. The standard InChI is InChI=1S/C30H25FN2O6/c1-38-22-11-12-24-23(15-22)20(16-32-24)13-14-33-26(17-3-5-19(6-4-17)30(37)39-2)25(28(35)29(33)36)27(34)18-7-9-21(31)10-8-18/h3-12,15-16,26,32,34H,13-14H2,1-2H3/t26-/m0/s1. The van der Waals surface area contributed by atoms with Crippen LogP contribution in [0.5, 0.6) is 5.75 Å². The normalized spacial score (nSPS) is 16.6. The molecule has 1 amide bonds. The van der Waals surface area contributed by atoms with Crippen molar-refractivity contribution in [1.82, 2.24) is 9.88 Å². The molecule has 4 aromatic rings. The van der Waals surface area contributed by atoms with Crippen molar-refractivity contribution >= 4 is 34.3 Å². The number of carbonyl (C=O) groups is 3. The minimum absolute atomic E-state index is 0.113. The molecule has 0 spiro atoms. The van der Waals surface area contributed by atoms with Crippen molar-refractivity contribution in [2.75, 3.05) is 20.8 Å². The summed E-state index contributed by atoms with van der Waals surface area (Å²) in [6.07, 6.45) is 2.26. The average molecular weight is 529 g/mol. The Kier molecular flexibility index (Phi) is 6.89. The molecule has 1 fully saturated rings. The fraction of sp³-hybridized carbons (Fsp3) is 0.167. The lowest BCUT2D eigenvalue weighted by molar-refractivity contribution is -0.139. The number of nitrogens with one attached hydrogen (secondary N) is 1. The maximum absolute atomic E-state index is 13.5. The number of benzene rings is 3. The maximum Gasteiger partial charge on any atom is 0.337 e. The first kappa shape index (κ1) is 25.7. The van der Waals surface area contributed by atoms with E-state index >= 15 is 0 Å². The molecule has 39 heavy (non-hydrogen) atoms. The highest BCUT2D eigenvalue weighted by atomic mass is 19.1. The highest BCUT2D eigenvalue weighted by Gasteiger charge is 2.46. The Labute approximate surface area is 223 Å². The van der Waals surface area contributed by atoms with E-state index in [1.54, 1.807) is 19.2 Å². The topological polar surface area (TPSA) is 109 Å². The molecule has 5 rings (SSSR count). The van der Waals surface area contributed by atoms with Gasteiger partial charge in [0.2, 0.25) is 0 Å². The summed E-state index contributed by atoms with van der Waals surface area (Å²) < 4.78 is 23.6. The van der Waals surface area contributed by atoms with Crippen molar-refractivity contribution < 1.29 is 33.4 Å². The third-order valence-electron chi connectivity index (χ3n) is 6.90. The Balaban J connectivity index is 1.55. The number of nitrogens with zero attached hydrogens (tertiary/aromatic N) is 1. The Morgan fingerprint density at radius 3 is 2.36 bits per heavy atom. The number of aliphatic hydroxyl groups is 1. The fourth-order valence-electron chi connectivity index (χ4n) is 4.87. The van der Waals surface area contributed by atoms with Gasteiger partial charge in [-0.05, 0) is 72.1 Å². The molecule has 0 radical (unpaired) electrons. The van der Waals surface area contributed by atoms with Crippen LogP contribution in [-0.4, -0.2) is 53.4 Å². The molecule has 0 saturated carbocycles. The van der Waals surface area contributed by atoms with Gasteiger partial charge in [0.15, 0.2) is 0 Å². The molecule has 0 unspecified atom stereocenters. The number of rotatable bonds is 7. The van der Waals surface area contributed by atoms with Gasteiger partial charge in [0, 0.05) is 29.2 Å². The number of hydrogen-bond acceptors (Lipinski definition) is 6. The van der Waals surface area contributed by atoms with E-state index < -0.39 is 35.3 Å². The number of esters is 1. The molecule has 2 heterocycles. The second kappa shape index (κ2) is 10.4. The van der Waals surface area contributed by atoms with Crippen LogP contribution in [0.3, 0.4) is 0 Å². The van der Waals surface area contributed by atoms with Crippen LogP contribution in [0.2, 0.25) is 0 Å². The molecular weight excluding hydrogens is 503 g/mol. The zero-order chi connectivity index (χ0) is 27.7. The number of hydrogen-bond donors (Lipinski definition) is 2. The largest absolute Gasteiger partial charge is 0.507 e. The highest BCUT2D eigenvalue weighted by molar-refractivity contribution is 6.46. The van der Waals surface area contributed by atoms with E-state index in [0.29, 0.717) is 23.3 Å². The van der Waals surface area contributed by atoms with Crippen molar-refractivity contribution in [2.24, 2.45) is 0 Å². The lowest BCUT2D eigenvalue weighted by atomic mass is 9.94. The third-order valence-corrected chi connectivity index (χ3v) is 6.90. The zero-order valence-electron chi connectivity index (χ0n) is 21.2. The number of ether oxygens (including phenoxy) is 2. The lowest BCUT2D eigenvalue weighted by Crippen LogP contribution is -2.31. The summed E-state index contributed by atoms with van der Waals surface area (Å²) in [5.74, 6) is -2.37. The van der Waals surface area contributed by atoms with Crippen LogP contribution in [0.15, 0.2) is 78.5 Å². The first-order valence-electron chi connectivity index (χ1n) is 12.2. The van der Waals surface area contributed by atoms with Gasteiger partial charge in [0.05, 0.1) is 31.4 Å². The summed E-state index contributed by atoms with van der Waals surface area (Å²) in [7, 11) is 2.85. The number of aromatic amines is 1. The monoisotopic (exact) mass is 528 g/mol. The number of aromatic nitrogens is 1. The number of fused-ring (bicyclic) bond motifs is 1.